The lowest BCUT2D eigenvalue weighted by Crippen LogP contribution is -1.74. The highest BCUT2D eigenvalue weighted by Gasteiger charge is 1.79. The van der Waals surface area contributed by atoms with Crippen molar-refractivity contribution in [2.75, 3.05) is 0 Å². The minimum Gasteiger partial charge on any atom is -0.405 e. The van der Waals surface area contributed by atoms with E-state index >= 15 is 0 Å². The highest BCUT2D eigenvalue weighted by molar-refractivity contribution is 5.34. The summed E-state index contributed by atoms with van der Waals surface area (Å²) in [6.45, 7) is 3.42. The van der Waals surface area contributed by atoms with Crippen LogP contribution in [0.5, 0.6) is 0 Å². The van der Waals surface area contributed by atoms with Gasteiger partial charge in [0.25, 0.3) is 0 Å². The van der Waals surface area contributed by atoms with Gasteiger partial charge < -0.3 is 5.73 Å². The van der Waals surface area contributed by atoms with Crippen molar-refractivity contribution in [1.29, 1.82) is 5.26 Å². The van der Waals surface area contributed by atoms with Crippen LogP contribution in [-0.4, -0.2) is 0 Å². The third kappa shape index (κ3) is 3.12. The van der Waals surface area contributed by atoms with Gasteiger partial charge in [-0.3, -0.25) is 0 Å². The maximum Gasteiger partial charge on any atom is 0.0991 e. The highest BCUT2D eigenvalue weighted by atomic mass is 14.5. The van der Waals surface area contributed by atoms with Crippen LogP contribution in [0.2, 0.25) is 0 Å². The summed E-state index contributed by atoms with van der Waals surface area (Å²) in [5, 5.41) is 8.29. The summed E-state index contributed by atoms with van der Waals surface area (Å²) in [4.78, 5) is 0. The van der Waals surface area contributed by atoms with Gasteiger partial charge >= 0.3 is 0 Å². The van der Waals surface area contributed by atoms with Crippen LogP contribution in [0, 0.1) is 11.3 Å². The number of allylic oxidation sites excluding steroid dienone is 4. The number of nitriles is 1. The monoisotopic (exact) mass is 120 g/mol. The number of rotatable bonds is 2. The summed E-state index contributed by atoms with van der Waals surface area (Å²) in [7, 11) is 0. The number of hydrogen-bond acceptors (Lipinski definition) is 2. The molecule has 0 aliphatic carbocycles. The molecule has 0 aromatic rings. The van der Waals surface area contributed by atoms with E-state index in [1.54, 1.807) is 12.2 Å². The van der Waals surface area contributed by atoms with E-state index in [0.29, 0.717) is 5.57 Å². The average molecular weight is 120 g/mol. The Morgan fingerprint density at radius 3 is 2.67 bits per heavy atom. The first-order chi connectivity index (χ1) is 4.35. The Balaban J connectivity index is 4.12. The lowest BCUT2D eigenvalue weighted by atomic mass is 10.3. The maximum absolute atomic E-state index is 8.29. The van der Waals surface area contributed by atoms with E-state index in [1.807, 2.05) is 6.07 Å². The Hall–Kier alpha value is -1.49. The van der Waals surface area contributed by atoms with Crippen LogP contribution in [0.4, 0.5) is 0 Å². The Bertz CT molecular complexity index is 182. The zero-order valence-corrected chi connectivity index (χ0v) is 5.04. The molecule has 2 heteroatoms. The van der Waals surface area contributed by atoms with E-state index in [-0.39, 0.29) is 0 Å². The molecule has 0 bridgehead atoms. The van der Waals surface area contributed by atoms with Crippen LogP contribution in [0.1, 0.15) is 0 Å². The molecule has 0 aliphatic heterocycles. The van der Waals surface area contributed by atoms with Crippen molar-refractivity contribution in [2.24, 2.45) is 5.73 Å². The molecule has 0 aromatic heterocycles. The van der Waals surface area contributed by atoms with E-state index in [2.05, 4.69) is 6.58 Å². The second-order valence-corrected chi connectivity index (χ2v) is 1.32. The second-order valence-electron chi connectivity index (χ2n) is 1.32. The summed E-state index contributed by atoms with van der Waals surface area (Å²) in [5.74, 6) is 0. The lowest BCUT2D eigenvalue weighted by molar-refractivity contribution is 1.50. The first-order valence-corrected chi connectivity index (χ1v) is 2.46. The fraction of sp³-hybridized carbons (Fsp3) is 0. The van der Waals surface area contributed by atoms with Crippen molar-refractivity contribution in [3.63, 3.8) is 0 Å². The molecule has 0 saturated carbocycles. The van der Waals surface area contributed by atoms with Crippen LogP contribution in [0.25, 0.3) is 0 Å². The smallest absolute Gasteiger partial charge is 0.0991 e. The quantitative estimate of drug-likeness (QED) is 0.438. The van der Waals surface area contributed by atoms with Gasteiger partial charge in [0.05, 0.1) is 11.6 Å². The first-order valence-electron chi connectivity index (χ1n) is 2.46. The number of nitrogens with zero attached hydrogens (tertiary/aromatic N) is 1. The van der Waals surface area contributed by atoms with Gasteiger partial charge in [-0.15, -0.1) is 0 Å². The molecule has 9 heavy (non-hydrogen) atoms. The average Bonchev–Trinajstić information content (AvgIpc) is 1.91. The molecule has 0 rings (SSSR count). The molecule has 0 aromatic carbocycles. The summed E-state index contributed by atoms with van der Waals surface area (Å²) >= 11 is 0. The van der Waals surface area contributed by atoms with E-state index < -0.39 is 0 Å². The number of hydrogen-bond donors (Lipinski definition) is 1. The Morgan fingerprint density at radius 1 is 1.67 bits per heavy atom. The predicted octanol–water partition coefficient (Wildman–Crippen LogP) is 1.09. The van der Waals surface area contributed by atoms with Crippen molar-refractivity contribution >= 4 is 0 Å². The minimum atomic E-state index is 0.511. The van der Waals surface area contributed by atoms with Crippen LogP contribution < -0.4 is 5.73 Å². The third-order valence-electron chi connectivity index (χ3n) is 0.736. The van der Waals surface area contributed by atoms with Crippen LogP contribution in [0.3, 0.4) is 0 Å². The van der Waals surface area contributed by atoms with E-state index in [1.165, 1.54) is 12.3 Å². The van der Waals surface area contributed by atoms with Crippen molar-refractivity contribution in [1.82, 2.24) is 0 Å². The van der Waals surface area contributed by atoms with Crippen LogP contribution >= 0.6 is 0 Å². The van der Waals surface area contributed by atoms with E-state index in [4.69, 9.17) is 11.0 Å². The molecule has 0 spiro atoms. The van der Waals surface area contributed by atoms with Crippen molar-refractivity contribution in [3.05, 3.63) is 36.6 Å². The molecule has 0 fully saturated rings. The Kier molecular flexibility index (Phi) is 3.89. The van der Waals surface area contributed by atoms with Gasteiger partial charge in [0.2, 0.25) is 0 Å². The topological polar surface area (TPSA) is 49.8 Å². The second kappa shape index (κ2) is 4.66. The highest BCUT2D eigenvalue weighted by Crippen LogP contribution is 1.91. The summed E-state index contributed by atoms with van der Waals surface area (Å²) in [6.07, 6.45) is 6.01. The molecule has 0 aliphatic rings. The minimum absolute atomic E-state index is 0.511. The lowest BCUT2D eigenvalue weighted by Gasteiger charge is -1.78. The van der Waals surface area contributed by atoms with Gasteiger partial charge in [0, 0.05) is 0 Å². The van der Waals surface area contributed by atoms with Crippen LogP contribution in [0.15, 0.2) is 36.6 Å². The molecule has 0 amide bonds. The fourth-order valence-electron chi connectivity index (χ4n) is 0.310. The SMILES string of the molecule is C=C/C(C#N)=C\C=C/N. The van der Waals surface area contributed by atoms with Crippen molar-refractivity contribution in [2.45, 2.75) is 0 Å². The largest absolute Gasteiger partial charge is 0.405 e. The first kappa shape index (κ1) is 7.51. The van der Waals surface area contributed by atoms with Gasteiger partial charge in [-0.05, 0) is 18.4 Å². The Morgan fingerprint density at radius 2 is 2.33 bits per heavy atom. The molecule has 2 nitrogen and oxygen atoms in total. The van der Waals surface area contributed by atoms with Gasteiger partial charge in [-0.25, -0.2) is 0 Å². The predicted molar refractivity (Wildman–Crippen MR) is 37.2 cm³/mol. The summed E-state index contributed by atoms with van der Waals surface area (Å²) in [5.41, 5.74) is 5.53. The zero-order valence-electron chi connectivity index (χ0n) is 5.04. The van der Waals surface area contributed by atoms with Gasteiger partial charge in [-0.2, -0.15) is 5.26 Å². The molecule has 0 saturated heterocycles. The molecule has 0 heterocycles. The van der Waals surface area contributed by atoms with Crippen molar-refractivity contribution < 1.29 is 0 Å². The molecule has 46 valence electrons. The molecule has 2 N–H and O–H groups in total. The van der Waals surface area contributed by atoms with E-state index in [0.717, 1.165) is 0 Å². The normalized spacial score (nSPS) is 11.2. The maximum atomic E-state index is 8.29. The standard InChI is InChI=1S/C7H8N2/c1-2-7(6-9)4-3-5-8/h2-5H,1,8H2/b5-3-,7-4+. The Labute approximate surface area is 54.6 Å². The third-order valence-corrected chi connectivity index (χ3v) is 0.736. The summed E-state index contributed by atoms with van der Waals surface area (Å²) in [6, 6.07) is 1.92. The number of nitrogens with two attached hydrogens (primary N) is 1. The molecular formula is C7H8N2. The molecule has 0 unspecified atom stereocenters. The zero-order chi connectivity index (χ0) is 7.11. The van der Waals surface area contributed by atoms with Gasteiger partial charge in [-0.1, -0.05) is 12.7 Å². The molecule has 0 radical (unpaired) electrons. The van der Waals surface area contributed by atoms with E-state index in [9.17, 15) is 0 Å². The fourth-order valence-corrected chi connectivity index (χ4v) is 0.310. The van der Waals surface area contributed by atoms with Crippen LogP contribution in [-0.2, 0) is 0 Å². The summed E-state index contributed by atoms with van der Waals surface area (Å²) < 4.78 is 0. The molecule has 0 atom stereocenters. The van der Waals surface area contributed by atoms with Gasteiger partial charge in [0.1, 0.15) is 0 Å². The molecular weight excluding hydrogens is 112 g/mol. The van der Waals surface area contributed by atoms with Crippen molar-refractivity contribution in [3.8, 4) is 6.07 Å². The van der Waals surface area contributed by atoms with Gasteiger partial charge in [0.15, 0.2) is 0 Å².